The molecular weight excluding hydrogens is 324 g/mol. The summed E-state index contributed by atoms with van der Waals surface area (Å²) < 4.78 is 6.73. The number of rotatable bonds is 3. The van der Waals surface area contributed by atoms with E-state index in [1.54, 1.807) is 11.3 Å². The van der Waals surface area contributed by atoms with E-state index in [1.807, 2.05) is 6.20 Å². The topological polar surface area (TPSA) is 25.4 Å². The summed E-state index contributed by atoms with van der Waals surface area (Å²) in [5.41, 5.74) is 1.32. The molecule has 1 atom stereocenters. The lowest BCUT2D eigenvalue weighted by Crippen LogP contribution is -2.38. The molecule has 1 aromatic carbocycles. The van der Waals surface area contributed by atoms with E-state index in [-0.39, 0.29) is 0 Å². The Hall–Kier alpha value is -0.750. The molecule has 0 aliphatic carbocycles. The van der Waals surface area contributed by atoms with Gasteiger partial charge >= 0.3 is 0 Å². The SMILES string of the molecule is Brc1cnc(CN2CCOC[C@H]2c2ccccc2)s1. The molecule has 1 fully saturated rings. The number of hydrogen-bond acceptors (Lipinski definition) is 4. The minimum atomic E-state index is 0.331. The third-order valence-corrected chi connectivity index (χ3v) is 4.75. The highest BCUT2D eigenvalue weighted by Gasteiger charge is 2.25. The summed E-state index contributed by atoms with van der Waals surface area (Å²) in [5.74, 6) is 0. The molecule has 19 heavy (non-hydrogen) atoms. The Morgan fingerprint density at radius 3 is 2.95 bits per heavy atom. The fourth-order valence-corrected chi connectivity index (χ4v) is 3.67. The van der Waals surface area contributed by atoms with Gasteiger partial charge in [0.15, 0.2) is 0 Å². The standard InChI is InChI=1S/C14H15BrN2OS/c15-13-8-16-14(19-13)9-17-6-7-18-10-12(17)11-4-2-1-3-5-11/h1-5,8,12H,6-7,9-10H2/t12-/m0/s1. The molecule has 1 aliphatic heterocycles. The summed E-state index contributed by atoms with van der Waals surface area (Å²) in [7, 11) is 0. The molecule has 0 N–H and O–H groups in total. The second-order valence-corrected chi connectivity index (χ2v) is 7.02. The monoisotopic (exact) mass is 338 g/mol. The molecule has 0 bridgehead atoms. The number of halogens is 1. The van der Waals surface area contributed by atoms with Crippen molar-refractivity contribution in [3.63, 3.8) is 0 Å². The van der Waals surface area contributed by atoms with Crippen LogP contribution in [0.1, 0.15) is 16.6 Å². The minimum absolute atomic E-state index is 0.331. The van der Waals surface area contributed by atoms with E-state index in [9.17, 15) is 0 Å². The van der Waals surface area contributed by atoms with E-state index < -0.39 is 0 Å². The highest BCUT2D eigenvalue weighted by atomic mass is 79.9. The van der Waals surface area contributed by atoms with Crippen molar-refractivity contribution in [2.75, 3.05) is 19.8 Å². The minimum Gasteiger partial charge on any atom is -0.378 e. The number of aromatic nitrogens is 1. The number of nitrogens with zero attached hydrogens (tertiary/aromatic N) is 2. The average molecular weight is 339 g/mol. The lowest BCUT2D eigenvalue weighted by atomic mass is 10.1. The number of hydrogen-bond donors (Lipinski definition) is 0. The summed E-state index contributed by atoms with van der Waals surface area (Å²) in [6.45, 7) is 3.41. The van der Waals surface area contributed by atoms with Crippen LogP contribution in [0.15, 0.2) is 40.3 Å². The van der Waals surface area contributed by atoms with Crippen molar-refractivity contribution in [1.82, 2.24) is 9.88 Å². The number of ether oxygens (including phenoxy) is 1. The summed E-state index contributed by atoms with van der Waals surface area (Å²) >= 11 is 5.17. The van der Waals surface area contributed by atoms with Crippen LogP contribution in [0.25, 0.3) is 0 Å². The van der Waals surface area contributed by atoms with Crippen LogP contribution in [0.4, 0.5) is 0 Å². The van der Waals surface area contributed by atoms with Crippen molar-refractivity contribution < 1.29 is 4.74 Å². The second-order valence-electron chi connectivity index (χ2n) is 4.53. The van der Waals surface area contributed by atoms with Crippen LogP contribution in [0.3, 0.4) is 0 Å². The van der Waals surface area contributed by atoms with Crippen LogP contribution >= 0.6 is 27.3 Å². The van der Waals surface area contributed by atoms with Gasteiger partial charge in [-0.2, -0.15) is 0 Å². The van der Waals surface area contributed by atoms with Crippen LogP contribution in [0.5, 0.6) is 0 Å². The molecule has 2 aromatic rings. The van der Waals surface area contributed by atoms with Crippen LogP contribution in [0.2, 0.25) is 0 Å². The van der Waals surface area contributed by atoms with E-state index in [0.717, 1.165) is 35.1 Å². The molecule has 0 spiro atoms. The van der Waals surface area contributed by atoms with Crippen molar-refractivity contribution in [3.05, 3.63) is 50.9 Å². The van der Waals surface area contributed by atoms with E-state index >= 15 is 0 Å². The van der Waals surface area contributed by atoms with Crippen molar-refractivity contribution >= 4 is 27.3 Å². The van der Waals surface area contributed by atoms with Crippen molar-refractivity contribution in [2.45, 2.75) is 12.6 Å². The third kappa shape index (κ3) is 3.23. The molecule has 1 aromatic heterocycles. The molecule has 1 saturated heterocycles. The number of benzene rings is 1. The summed E-state index contributed by atoms with van der Waals surface area (Å²) in [5, 5.41) is 1.15. The maximum Gasteiger partial charge on any atom is 0.108 e. The van der Waals surface area contributed by atoms with Gasteiger partial charge in [0.2, 0.25) is 0 Å². The van der Waals surface area contributed by atoms with Crippen LogP contribution in [0, 0.1) is 0 Å². The summed E-state index contributed by atoms with van der Waals surface area (Å²) in [6.07, 6.45) is 1.87. The molecule has 1 aliphatic rings. The lowest BCUT2D eigenvalue weighted by molar-refractivity contribution is -0.0127. The van der Waals surface area contributed by atoms with Gasteiger partial charge in [0.05, 0.1) is 35.8 Å². The van der Waals surface area contributed by atoms with E-state index in [4.69, 9.17) is 4.74 Å². The first-order valence-electron chi connectivity index (χ1n) is 6.30. The molecule has 3 nitrogen and oxygen atoms in total. The molecule has 100 valence electrons. The van der Waals surface area contributed by atoms with Gasteiger partial charge in [-0.05, 0) is 21.5 Å². The zero-order valence-corrected chi connectivity index (χ0v) is 12.9. The van der Waals surface area contributed by atoms with Gasteiger partial charge in [-0.25, -0.2) is 4.98 Å². The normalized spacial score (nSPS) is 20.6. The van der Waals surface area contributed by atoms with Gasteiger partial charge in [-0.1, -0.05) is 30.3 Å². The maximum absolute atomic E-state index is 5.64. The van der Waals surface area contributed by atoms with Gasteiger partial charge in [-0.3, -0.25) is 4.90 Å². The summed E-state index contributed by atoms with van der Waals surface area (Å²) in [4.78, 5) is 6.88. The van der Waals surface area contributed by atoms with Gasteiger partial charge in [0.1, 0.15) is 5.01 Å². The zero-order chi connectivity index (χ0) is 13.1. The quantitative estimate of drug-likeness (QED) is 0.856. The van der Waals surface area contributed by atoms with Crippen molar-refractivity contribution in [1.29, 1.82) is 0 Å². The van der Waals surface area contributed by atoms with Gasteiger partial charge in [-0.15, -0.1) is 11.3 Å². The predicted octanol–water partition coefficient (Wildman–Crippen LogP) is 3.48. The molecule has 0 amide bonds. The molecule has 0 unspecified atom stereocenters. The first kappa shape index (κ1) is 13.2. The van der Waals surface area contributed by atoms with Crippen LogP contribution in [-0.4, -0.2) is 29.6 Å². The fourth-order valence-electron chi connectivity index (χ4n) is 2.34. The Morgan fingerprint density at radius 1 is 1.37 bits per heavy atom. The average Bonchev–Trinajstić information content (AvgIpc) is 2.86. The van der Waals surface area contributed by atoms with E-state index in [2.05, 4.69) is 56.1 Å². The first-order chi connectivity index (χ1) is 9.33. The highest BCUT2D eigenvalue weighted by molar-refractivity contribution is 9.11. The second kappa shape index (κ2) is 6.13. The molecule has 2 heterocycles. The lowest BCUT2D eigenvalue weighted by Gasteiger charge is -2.35. The largest absolute Gasteiger partial charge is 0.378 e. The van der Waals surface area contributed by atoms with Crippen LogP contribution < -0.4 is 0 Å². The van der Waals surface area contributed by atoms with Gasteiger partial charge in [0, 0.05) is 6.54 Å². The number of morpholine rings is 1. The predicted molar refractivity (Wildman–Crippen MR) is 80.2 cm³/mol. The molecular formula is C14H15BrN2OS. The van der Waals surface area contributed by atoms with E-state index in [0.29, 0.717) is 6.04 Å². The highest BCUT2D eigenvalue weighted by Crippen LogP contribution is 2.28. The first-order valence-corrected chi connectivity index (χ1v) is 7.91. The Balaban J connectivity index is 1.77. The zero-order valence-electron chi connectivity index (χ0n) is 10.5. The maximum atomic E-state index is 5.64. The Labute approximate surface area is 125 Å². The molecule has 0 radical (unpaired) electrons. The molecule has 0 saturated carbocycles. The van der Waals surface area contributed by atoms with Gasteiger partial charge in [0.25, 0.3) is 0 Å². The smallest absolute Gasteiger partial charge is 0.108 e. The Kier molecular flexibility index (Phi) is 4.28. The van der Waals surface area contributed by atoms with Crippen molar-refractivity contribution in [3.8, 4) is 0 Å². The van der Waals surface area contributed by atoms with E-state index in [1.165, 1.54) is 5.56 Å². The van der Waals surface area contributed by atoms with Crippen LogP contribution in [-0.2, 0) is 11.3 Å². The number of thiazole rings is 1. The van der Waals surface area contributed by atoms with Crippen molar-refractivity contribution in [2.24, 2.45) is 0 Å². The Morgan fingerprint density at radius 2 is 2.21 bits per heavy atom. The third-order valence-electron chi connectivity index (χ3n) is 3.29. The molecule has 5 heteroatoms. The van der Waals surface area contributed by atoms with Gasteiger partial charge < -0.3 is 4.74 Å². The molecule has 3 rings (SSSR count). The fraction of sp³-hybridized carbons (Fsp3) is 0.357. The summed E-state index contributed by atoms with van der Waals surface area (Å²) in [6, 6.07) is 10.9. The Bertz CT molecular complexity index is 531.